The van der Waals surface area contributed by atoms with Gasteiger partial charge in [-0.05, 0) is 13.3 Å². The first kappa shape index (κ1) is 7.50. The first-order valence-corrected chi connectivity index (χ1v) is 3.47. The third-order valence-corrected chi connectivity index (χ3v) is 1.60. The summed E-state index contributed by atoms with van der Waals surface area (Å²) in [4.78, 5) is 10.9. The minimum absolute atomic E-state index is 0.0208. The molecule has 1 saturated heterocycles. The molecule has 0 bridgehead atoms. The van der Waals surface area contributed by atoms with Crippen molar-refractivity contribution in [2.45, 2.75) is 19.4 Å². The first-order chi connectivity index (χ1) is 4.68. The molecule has 1 heterocycles. The maximum Gasteiger partial charge on any atom is 0.235 e. The number of hydrogen-bond donors (Lipinski definition) is 2. The summed E-state index contributed by atoms with van der Waals surface area (Å²) in [5, 5.41) is 4.35. The summed E-state index contributed by atoms with van der Waals surface area (Å²) in [6, 6.07) is 0.265. The van der Waals surface area contributed by atoms with Crippen LogP contribution in [0.15, 0.2) is 0 Å². The number of amides is 1. The van der Waals surface area contributed by atoms with E-state index >= 15 is 0 Å². The number of nitrogens with zero attached hydrogens (tertiary/aromatic N) is 1. The van der Waals surface area contributed by atoms with E-state index in [1.807, 2.05) is 6.92 Å². The average molecular weight is 143 g/mol. The second kappa shape index (κ2) is 2.98. The molecule has 3 N–H and O–H groups in total. The minimum atomic E-state index is 0.0208. The quantitative estimate of drug-likeness (QED) is 0.431. The number of nitrogens with two attached hydrogens (primary N) is 1. The van der Waals surface area contributed by atoms with Crippen LogP contribution in [-0.4, -0.2) is 30.0 Å². The zero-order chi connectivity index (χ0) is 7.56. The summed E-state index contributed by atoms with van der Waals surface area (Å²) in [7, 11) is 0. The molecule has 0 aromatic heterocycles. The molecule has 1 aliphatic rings. The van der Waals surface area contributed by atoms with Crippen molar-refractivity contribution >= 4 is 5.91 Å². The fourth-order valence-electron chi connectivity index (χ4n) is 1.02. The highest BCUT2D eigenvalue weighted by atomic mass is 16.2. The van der Waals surface area contributed by atoms with Gasteiger partial charge in [0.25, 0.3) is 0 Å². The molecule has 10 heavy (non-hydrogen) atoms. The Kier molecular flexibility index (Phi) is 2.24. The molecular formula is C6H13N3O. The zero-order valence-electron chi connectivity index (χ0n) is 6.13. The number of rotatable bonds is 0. The lowest BCUT2D eigenvalue weighted by Gasteiger charge is -2.09. The molecule has 0 aliphatic carbocycles. The molecular weight excluding hydrogens is 130 g/mol. The van der Waals surface area contributed by atoms with E-state index in [1.54, 1.807) is 5.01 Å². The van der Waals surface area contributed by atoms with Crippen molar-refractivity contribution in [2.24, 2.45) is 5.84 Å². The summed E-state index contributed by atoms with van der Waals surface area (Å²) in [6.45, 7) is 3.10. The van der Waals surface area contributed by atoms with Crippen molar-refractivity contribution in [3.63, 3.8) is 0 Å². The predicted octanol–water partition coefficient (Wildman–Crippen LogP) is -0.929. The van der Waals surface area contributed by atoms with Crippen molar-refractivity contribution in [3.8, 4) is 0 Å². The molecule has 4 heteroatoms. The van der Waals surface area contributed by atoms with Gasteiger partial charge in [-0.3, -0.25) is 10.6 Å². The monoisotopic (exact) mass is 143 g/mol. The van der Waals surface area contributed by atoms with E-state index in [1.165, 1.54) is 0 Å². The van der Waals surface area contributed by atoms with Crippen LogP contribution in [0.2, 0.25) is 0 Å². The molecule has 58 valence electrons. The van der Waals surface area contributed by atoms with E-state index < -0.39 is 0 Å². The standard InChI is InChI=1S/C6H13N3O/c1-5-2-3-9(7)4-6(10)8-5/h5H,2-4,7H2,1H3,(H,8,10)/t5-/m1/s1. The topological polar surface area (TPSA) is 58.4 Å². The normalized spacial score (nSPS) is 29.4. The SMILES string of the molecule is C[C@@H]1CCN(N)CC(=O)N1. The molecule has 1 atom stereocenters. The van der Waals surface area contributed by atoms with Crippen molar-refractivity contribution in [1.29, 1.82) is 0 Å². The Morgan fingerprint density at radius 3 is 3.20 bits per heavy atom. The molecule has 0 aromatic rings. The van der Waals surface area contributed by atoms with Crippen LogP contribution in [0.1, 0.15) is 13.3 Å². The van der Waals surface area contributed by atoms with Crippen molar-refractivity contribution < 1.29 is 4.79 Å². The van der Waals surface area contributed by atoms with Gasteiger partial charge in [-0.2, -0.15) is 0 Å². The summed E-state index contributed by atoms with van der Waals surface area (Å²) >= 11 is 0. The Morgan fingerprint density at radius 2 is 2.50 bits per heavy atom. The summed E-state index contributed by atoms with van der Waals surface area (Å²) in [5.41, 5.74) is 0. The Morgan fingerprint density at radius 1 is 1.80 bits per heavy atom. The Balaban J connectivity index is 2.46. The maximum absolute atomic E-state index is 10.9. The van der Waals surface area contributed by atoms with Gasteiger partial charge in [0.1, 0.15) is 0 Å². The van der Waals surface area contributed by atoms with Crippen LogP contribution < -0.4 is 11.2 Å². The summed E-state index contributed by atoms with van der Waals surface area (Å²) in [5.74, 6) is 5.48. The Labute approximate surface area is 60.3 Å². The molecule has 1 aliphatic heterocycles. The number of hydrazine groups is 1. The van der Waals surface area contributed by atoms with Crippen molar-refractivity contribution in [1.82, 2.24) is 10.3 Å². The van der Waals surface area contributed by atoms with E-state index in [4.69, 9.17) is 5.84 Å². The van der Waals surface area contributed by atoms with Gasteiger partial charge >= 0.3 is 0 Å². The summed E-state index contributed by atoms with van der Waals surface area (Å²) < 4.78 is 0. The molecule has 1 fully saturated rings. The zero-order valence-corrected chi connectivity index (χ0v) is 6.13. The molecule has 0 unspecified atom stereocenters. The number of nitrogens with one attached hydrogen (secondary N) is 1. The van der Waals surface area contributed by atoms with Gasteiger partial charge in [0.15, 0.2) is 0 Å². The average Bonchev–Trinajstić information content (AvgIpc) is 1.93. The largest absolute Gasteiger partial charge is 0.352 e. The third-order valence-electron chi connectivity index (χ3n) is 1.60. The molecule has 0 saturated carbocycles. The summed E-state index contributed by atoms with van der Waals surface area (Å²) in [6.07, 6.45) is 0.933. The number of carbonyl (C=O) groups is 1. The van der Waals surface area contributed by atoms with Crippen LogP contribution in [0.5, 0.6) is 0 Å². The van der Waals surface area contributed by atoms with Gasteiger partial charge in [0.2, 0.25) is 5.91 Å². The third kappa shape index (κ3) is 1.97. The fraction of sp³-hybridized carbons (Fsp3) is 0.833. The molecule has 0 spiro atoms. The molecule has 0 aromatic carbocycles. The lowest BCUT2D eigenvalue weighted by Crippen LogP contribution is -2.38. The Hall–Kier alpha value is -0.610. The van der Waals surface area contributed by atoms with Gasteiger partial charge in [-0.1, -0.05) is 0 Å². The molecule has 0 radical (unpaired) electrons. The highest BCUT2D eigenvalue weighted by molar-refractivity contribution is 5.78. The second-order valence-corrected chi connectivity index (χ2v) is 2.73. The minimum Gasteiger partial charge on any atom is -0.352 e. The smallest absolute Gasteiger partial charge is 0.235 e. The Bertz CT molecular complexity index is 123. The predicted molar refractivity (Wildman–Crippen MR) is 38.0 cm³/mol. The number of carbonyl (C=O) groups excluding carboxylic acids is 1. The van der Waals surface area contributed by atoms with Crippen LogP contribution in [-0.2, 0) is 4.79 Å². The van der Waals surface area contributed by atoms with Crippen molar-refractivity contribution in [2.75, 3.05) is 13.1 Å². The molecule has 4 nitrogen and oxygen atoms in total. The van der Waals surface area contributed by atoms with Crippen LogP contribution in [0.4, 0.5) is 0 Å². The van der Waals surface area contributed by atoms with Crippen molar-refractivity contribution in [3.05, 3.63) is 0 Å². The lowest BCUT2D eigenvalue weighted by molar-refractivity contribution is -0.121. The number of hydrogen-bond acceptors (Lipinski definition) is 3. The highest BCUT2D eigenvalue weighted by Gasteiger charge is 2.15. The van der Waals surface area contributed by atoms with Gasteiger partial charge in [0, 0.05) is 12.6 Å². The van der Waals surface area contributed by atoms with Crippen LogP contribution >= 0.6 is 0 Å². The van der Waals surface area contributed by atoms with Gasteiger partial charge in [-0.15, -0.1) is 0 Å². The first-order valence-electron chi connectivity index (χ1n) is 3.47. The van der Waals surface area contributed by atoms with Gasteiger partial charge in [-0.25, -0.2) is 5.01 Å². The second-order valence-electron chi connectivity index (χ2n) is 2.73. The van der Waals surface area contributed by atoms with E-state index in [-0.39, 0.29) is 11.9 Å². The maximum atomic E-state index is 10.9. The van der Waals surface area contributed by atoms with Gasteiger partial charge < -0.3 is 5.32 Å². The van der Waals surface area contributed by atoms with E-state index in [9.17, 15) is 4.79 Å². The van der Waals surface area contributed by atoms with E-state index in [0.29, 0.717) is 6.54 Å². The molecule has 1 rings (SSSR count). The van der Waals surface area contributed by atoms with Crippen LogP contribution in [0, 0.1) is 0 Å². The van der Waals surface area contributed by atoms with E-state index in [0.717, 1.165) is 13.0 Å². The molecule has 1 amide bonds. The van der Waals surface area contributed by atoms with E-state index in [2.05, 4.69) is 5.32 Å². The lowest BCUT2D eigenvalue weighted by atomic mass is 10.2. The van der Waals surface area contributed by atoms with Gasteiger partial charge in [0.05, 0.1) is 6.54 Å². The highest BCUT2D eigenvalue weighted by Crippen LogP contribution is 1.96. The van der Waals surface area contributed by atoms with Crippen LogP contribution in [0.3, 0.4) is 0 Å². The van der Waals surface area contributed by atoms with Crippen LogP contribution in [0.25, 0.3) is 0 Å². The fourth-order valence-corrected chi connectivity index (χ4v) is 1.02.